The molecule has 2 rings (SSSR count). The van der Waals surface area contributed by atoms with Gasteiger partial charge in [-0.15, -0.1) is 11.3 Å². The van der Waals surface area contributed by atoms with E-state index in [1.165, 1.54) is 4.88 Å². The number of hydrogen-bond acceptors (Lipinski definition) is 4. The molecule has 1 aliphatic rings. The van der Waals surface area contributed by atoms with Crippen LogP contribution in [0.2, 0.25) is 0 Å². The molecule has 0 radical (unpaired) electrons. The first-order valence-electron chi connectivity index (χ1n) is 6.23. The number of carbonyl (C=O) groups is 1. The van der Waals surface area contributed by atoms with Gasteiger partial charge in [-0.2, -0.15) is 0 Å². The zero-order valence-corrected chi connectivity index (χ0v) is 11.3. The summed E-state index contributed by atoms with van der Waals surface area (Å²) in [5.41, 5.74) is 0. The number of rotatable bonds is 6. The molecule has 0 amide bonds. The molecule has 5 heteroatoms. The van der Waals surface area contributed by atoms with E-state index >= 15 is 0 Å². The number of thiophene rings is 1. The zero-order chi connectivity index (χ0) is 13.0. The van der Waals surface area contributed by atoms with Crippen molar-refractivity contribution in [1.82, 2.24) is 5.32 Å². The molecule has 1 heterocycles. The van der Waals surface area contributed by atoms with E-state index < -0.39 is 5.97 Å². The van der Waals surface area contributed by atoms with Gasteiger partial charge >= 0.3 is 5.97 Å². The van der Waals surface area contributed by atoms with E-state index in [0.29, 0.717) is 12.1 Å². The Morgan fingerprint density at radius 1 is 1.50 bits per heavy atom. The minimum absolute atomic E-state index is 0.125. The van der Waals surface area contributed by atoms with E-state index in [4.69, 9.17) is 9.84 Å². The largest absolute Gasteiger partial charge is 0.481 e. The second-order valence-electron chi connectivity index (χ2n) is 4.69. The predicted molar refractivity (Wildman–Crippen MR) is 70.9 cm³/mol. The first kappa shape index (κ1) is 13.5. The molecule has 0 aliphatic heterocycles. The summed E-state index contributed by atoms with van der Waals surface area (Å²) in [7, 11) is 1.77. The third-order valence-electron chi connectivity index (χ3n) is 3.33. The molecule has 4 nitrogen and oxygen atoms in total. The molecule has 100 valence electrons. The summed E-state index contributed by atoms with van der Waals surface area (Å²) in [5.74, 6) is -0.768. The first-order chi connectivity index (χ1) is 8.67. The normalized spacial score (nSPS) is 23.4. The fourth-order valence-electron chi connectivity index (χ4n) is 2.35. The van der Waals surface area contributed by atoms with Crippen molar-refractivity contribution in [3.63, 3.8) is 0 Å². The minimum Gasteiger partial charge on any atom is -0.481 e. The van der Waals surface area contributed by atoms with Gasteiger partial charge < -0.3 is 15.2 Å². The van der Waals surface area contributed by atoms with Crippen LogP contribution >= 0.6 is 11.3 Å². The van der Waals surface area contributed by atoms with Crippen LogP contribution < -0.4 is 5.32 Å². The maximum Gasteiger partial charge on any atom is 0.308 e. The number of ether oxygens (including phenoxy) is 1. The summed E-state index contributed by atoms with van der Waals surface area (Å²) in [6.07, 6.45) is 3.88. The molecule has 2 N–H and O–H groups in total. The molecule has 0 saturated heterocycles. The zero-order valence-electron chi connectivity index (χ0n) is 10.5. The predicted octanol–water partition coefficient (Wildman–Crippen LogP) is 2.03. The van der Waals surface area contributed by atoms with Crippen LogP contribution in [0, 0.1) is 0 Å². The van der Waals surface area contributed by atoms with Crippen molar-refractivity contribution in [3.8, 4) is 0 Å². The second kappa shape index (κ2) is 6.31. The number of hydrogen-bond donors (Lipinski definition) is 2. The summed E-state index contributed by atoms with van der Waals surface area (Å²) >= 11 is 1.58. The van der Waals surface area contributed by atoms with Gasteiger partial charge in [0.25, 0.3) is 0 Å². The molecule has 0 spiro atoms. The van der Waals surface area contributed by atoms with E-state index in [1.54, 1.807) is 18.4 Å². The van der Waals surface area contributed by atoms with Crippen LogP contribution in [0.3, 0.4) is 0 Å². The number of carboxylic acids is 1. The molecule has 1 aromatic rings. The molecule has 1 aromatic heterocycles. The summed E-state index contributed by atoms with van der Waals surface area (Å²) < 4.78 is 5.34. The SMILES string of the molecule is COC1CCC(NCc2ccc(CC(=O)O)s2)C1. The molecule has 1 fully saturated rings. The number of nitrogens with one attached hydrogen (secondary N) is 1. The average molecular weight is 269 g/mol. The van der Waals surface area contributed by atoms with Gasteiger partial charge in [0.15, 0.2) is 0 Å². The van der Waals surface area contributed by atoms with Crippen LogP contribution in [0.4, 0.5) is 0 Å². The first-order valence-corrected chi connectivity index (χ1v) is 7.04. The smallest absolute Gasteiger partial charge is 0.308 e. The Bertz CT molecular complexity index is 405. The van der Waals surface area contributed by atoms with Crippen LogP contribution in [0.15, 0.2) is 12.1 Å². The van der Waals surface area contributed by atoms with Crippen molar-refractivity contribution in [2.45, 2.75) is 44.4 Å². The lowest BCUT2D eigenvalue weighted by Gasteiger charge is -2.11. The lowest BCUT2D eigenvalue weighted by molar-refractivity contribution is -0.136. The molecule has 18 heavy (non-hydrogen) atoms. The molecule has 1 saturated carbocycles. The van der Waals surface area contributed by atoms with E-state index in [9.17, 15) is 4.79 Å². The topological polar surface area (TPSA) is 58.6 Å². The van der Waals surface area contributed by atoms with Crippen molar-refractivity contribution < 1.29 is 14.6 Å². The molecular weight excluding hydrogens is 250 g/mol. The molecule has 2 atom stereocenters. The van der Waals surface area contributed by atoms with E-state index in [2.05, 4.69) is 5.32 Å². The quantitative estimate of drug-likeness (QED) is 0.829. The maximum absolute atomic E-state index is 10.6. The highest BCUT2D eigenvalue weighted by Crippen LogP contribution is 2.23. The van der Waals surface area contributed by atoms with Crippen molar-refractivity contribution in [2.75, 3.05) is 7.11 Å². The molecule has 2 unspecified atom stereocenters. The Labute approximate surface area is 111 Å². The highest BCUT2D eigenvalue weighted by atomic mass is 32.1. The van der Waals surface area contributed by atoms with E-state index in [-0.39, 0.29) is 6.42 Å². The van der Waals surface area contributed by atoms with Crippen LogP contribution in [0.25, 0.3) is 0 Å². The fourth-order valence-corrected chi connectivity index (χ4v) is 3.31. The standard InChI is InChI=1S/C13H19NO3S/c1-17-10-3-2-9(6-10)14-8-12-5-4-11(18-12)7-13(15)16/h4-5,9-10,14H,2-3,6-8H2,1H3,(H,15,16). The fraction of sp³-hybridized carbons (Fsp3) is 0.615. The molecular formula is C13H19NO3S. The highest BCUT2D eigenvalue weighted by molar-refractivity contribution is 7.12. The Kier molecular flexibility index (Phi) is 4.74. The summed E-state index contributed by atoms with van der Waals surface area (Å²) in [5, 5.41) is 12.2. The third-order valence-corrected chi connectivity index (χ3v) is 4.41. The summed E-state index contributed by atoms with van der Waals surface area (Å²) in [4.78, 5) is 12.7. The third kappa shape index (κ3) is 3.80. The van der Waals surface area contributed by atoms with Crippen molar-refractivity contribution in [2.24, 2.45) is 0 Å². The van der Waals surface area contributed by atoms with Gasteiger partial charge in [-0.3, -0.25) is 4.79 Å². The lowest BCUT2D eigenvalue weighted by Crippen LogP contribution is -2.26. The Balaban J connectivity index is 1.76. The van der Waals surface area contributed by atoms with Crippen molar-refractivity contribution in [1.29, 1.82) is 0 Å². The number of methoxy groups -OCH3 is 1. The van der Waals surface area contributed by atoms with E-state index in [1.807, 2.05) is 12.1 Å². The summed E-state index contributed by atoms with van der Waals surface area (Å²) in [6.45, 7) is 0.825. The molecule has 1 aliphatic carbocycles. The van der Waals surface area contributed by atoms with Crippen molar-refractivity contribution >= 4 is 17.3 Å². The number of carboxylic acid groups (broad SMARTS) is 1. The Morgan fingerprint density at radius 3 is 2.94 bits per heavy atom. The van der Waals surface area contributed by atoms with Crippen LogP contribution in [0.5, 0.6) is 0 Å². The second-order valence-corrected chi connectivity index (χ2v) is 5.94. The van der Waals surface area contributed by atoms with Gasteiger partial charge in [0.05, 0.1) is 12.5 Å². The van der Waals surface area contributed by atoms with Gasteiger partial charge in [-0.1, -0.05) is 0 Å². The van der Waals surface area contributed by atoms with Gasteiger partial charge in [-0.25, -0.2) is 0 Å². The van der Waals surface area contributed by atoms with Crippen LogP contribution in [0.1, 0.15) is 29.0 Å². The minimum atomic E-state index is -0.768. The van der Waals surface area contributed by atoms with E-state index in [0.717, 1.165) is 30.7 Å². The average Bonchev–Trinajstić information content (AvgIpc) is 2.94. The van der Waals surface area contributed by atoms with Gasteiger partial charge in [0, 0.05) is 29.5 Å². The summed E-state index contributed by atoms with van der Waals surface area (Å²) in [6, 6.07) is 4.45. The van der Waals surface area contributed by atoms with Gasteiger partial charge in [0.1, 0.15) is 0 Å². The van der Waals surface area contributed by atoms with Crippen molar-refractivity contribution in [3.05, 3.63) is 21.9 Å². The maximum atomic E-state index is 10.6. The number of aliphatic carboxylic acids is 1. The van der Waals surface area contributed by atoms with Gasteiger partial charge in [0.2, 0.25) is 0 Å². The Morgan fingerprint density at radius 2 is 2.28 bits per heavy atom. The lowest BCUT2D eigenvalue weighted by atomic mass is 10.2. The van der Waals surface area contributed by atoms with Crippen LogP contribution in [-0.2, 0) is 22.5 Å². The Hall–Kier alpha value is -0.910. The molecule has 0 aromatic carbocycles. The monoisotopic (exact) mass is 269 g/mol. The van der Waals surface area contributed by atoms with Crippen LogP contribution in [-0.4, -0.2) is 30.3 Å². The van der Waals surface area contributed by atoms with Gasteiger partial charge in [-0.05, 0) is 31.4 Å². The molecule has 0 bridgehead atoms. The highest BCUT2D eigenvalue weighted by Gasteiger charge is 2.23.